The van der Waals surface area contributed by atoms with Gasteiger partial charge in [0.05, 0.1) is 5.25 Å². The minimum absolute atomic E-state index is 0.0227. The molecule has 4 N–H and O–H groups in total. The molecule has 19 heavy (non-hydrogen) atoms. The first-order chi connectivity index (χ1) is 8.93. The SMILES string of the molecule is CCC([SH]=C(N)O)C(=O)Nc1ccc(C(C)=O)cc1. The van der Waals surface area contributed by atoms with E-state index in [0.29, 0.717) is 29.0 Å². The van der Waals surface area contributed by atoms with Gasteiger partial charge in [-0.2, -0.15) is 0 Å². The van der Waals surface area contributed by atoms with E-state index in [0.717, 1.165) is 0 Å². The van der Waals surface area contributed by atoms with Gasteiger partial charge in [0.25, 0.3) is 0 Å². The number of amides is 1. The number of hydrogen-bond donors (Lipinski definition) is 4. The van der Waals surface area contributed by atoms with E-state index in [9.17, 15) is 9.59 Å². The van der Waals surface area contributed by atoms with Crippen molar-refractivity contribution in [3.63, 3.8) is 0 Å². The molecule has 0 fully saturated rings. The van der Waals surface area contributed by atoms with Crippen LogP contribution in [0, 0.1) is 0 Å². The maximum absolute atomic E-state index is 11.9. The highest BCUT2D eigenvalue weighted by atomic mass is 32.1. The summed E-state index contributed by atoms with van der Waals surface area (Å²) in [4.78, 5) is 23.1. The second kappa shape index (κ2) is 7.18. The number of thiol groups is 1. The van der Waals surface area contributed by atoms with Crippen molar-refractivity contribution in [3.05, 3.63) is 29.8 Å². The number of Topliss-reactive ketones (excluding diaryl/α,β-unsaturated/α-hetero) is 1. The molecule has 6 heteroatoms. The van der Waals surface area contributed by atoms with Gasteiger partial charge in [-0.05, 0) is 37.6 Å². The molecule has 0 aliphatic heterocycles. The topological polar surface area (TPSA) is 92.4 Å². The number of hydrogen-bond acceptors (Lipinski definition) is 2. The van der Waals surface area contributed by atoms with Crippen molar-refractivity contribution < 1.29 is 14.7 Å². The van der Waals surface area contributed by atoms with Crippen molar-refractivity contribution >= 4 is 33.9 Å². The predicted octanol–water partition coefficient (Wildman–Crippen LogP) is 1.68. The molecule has 0 bridgehead atoms. The molecule has 1 aromatic carbocycles. The largest absolute Gasteiger partial charge is 0.347 e. The smallest absolute Gasteiger partial charge is 0.236 e. The Balaban J connectivity index is 2.76. The minimum Gasteiger partial charge on any atom is -0.347 e. The summed E-state index contributed by atoms with van der Waals surface area (Å²) in [5, 5.41) is 11.1. The third-order valence-corrected chi connectivity index (χ3v) is 3.71. The molecule has 1 atom stereocenters. The molecule has 1 unspecified atom stereocenters. The summed E-state index contributed by atoms with van der Waals surface area (Å²) in [6.45, 7) is 3.33. The first-order valence-electron chi connectivity index (χ1n) is 5.88. The number of nitrogens with one attached hydrogen (secondary N) is 1. The number of anilines is 1. The molecule has 0 aliphatic carbocycles. The van der Waals surface area contributed by atoms with E-state index in [2.05, 4.69) is 5.32 Å². The number of rotatable bonds is 5. The van der Waals surface area contributed by atoms with Crippen LogP contribution in [0.5, 0.6) is 0 Å². The van der Waals surface area contributed by atoms with Crippen molar-refractivity contribution in [2.24, 2.45) is 5.73 Å². The molecule has 0 saturated heterocycles. The normalized spacial score (nSPS) is 13.4. The molecule has 5 nitrogen and oxygen atoms in total. The van der Waals surface area contributed by atoms with E-state index < -0.39 is 5.25 Å². The highest BCUT2D eigenvalue weighted by Crippen LogP contribution is 2.14. The van der Waals surface area contributed by atoms with E-state index in [-0.39, 0.29) is 16.9 Å². The summed E-state index contributed by atoms with van der Waals surface area (Å²) in [7, 11) is 0. The van der Waals surface area contributed by atoms with Gasteiger partial charge in [0.1, 0.15) is 5.17 Å². The standard InChI is InChI=1S/C13H18N2O3S/c1-3-11(19-13(14)18)12(17)15-10-6-4-9(5-7-10)8(2)16/h4-7,11,18-19H,3,14H2,1-2H3,(H,15,17). The van der Waals surface area contributed by atoms with E-state index in [1.807, 2.05) is 6.92 Å². The third kappa shape index (κ3) is 4.94. The first-order valence-corrected chi connectivity index (χ1v) is 6.84. The fourth-order valence-corrected chi connectivity index (χ4v) is 2.19. The van der Waals surface area contributed by atoms with Crippen molar-refractivity contribution in [1.29, 1.82) is 0 Å². The number of benzene rings is 1. The van der Waals surface area contributed by atoms with Crippen LogP contribution < -0.4 is 11.1 Å². The van der Waals surface area contributed by atoms with Gasteiger partial charge in [-0.3, -0.25) is 15.3 Å². The lowest BCUT2D eigenvalue weighted by Crippen LogP contribution is -2.25. The molecule has 0 radical (unpaired) electrons. The lowest BCUT2D eigenvalue weighted by atomic mass is 10.1. The van der Waals surface area contributed by atoms with Crippen LogP contribution in [0.15, 0.2) is 24.3 Å². The number of nitrogens with two attached hydrogens (primary N) is 1. The van der Waals surface area contributed by atoms with Crippen LogP contribution >= 0.6 is 11.4 Å². The number of carbonyl (C=O) groups excluding carboxylic acids is 2. The van der Waals surface area contributed by atoms with E-state index in [1.54, 1.807) is 24.3 Å². The summed E-state index contributed by atoms with van der Waals surface area (Å²) in [6.07, 6.45) is 0.570. The number of ketones is 1. The zero-order chi connectivity index (χ0) is 14.4. The Labute approximate surface area is 115 Å². The van der Waals surface area contributed by atoms with Gasteiger partial charge in [0.2, 0.25) is 5.91 Å². The van der Waals surface area contributed by atoms with E-state index in [1.165, 1.54) is 6.92 Å². The molecule has 1 amide bonds. The van der Waals surface area contributed by atoms with Crippen LogP contribution in [0.25, 0.3) is 0 Å². The van der Waals surface area contributed by atoms with Crippen LogP contribution in [0.2, 0.25) is 0 Å². The molecule has 1 rings (SSSR count). The number of aliphatic hydroxyl groups is 1. The molecule has 0 saturated carbocycles. The fourth-order valence-electron chi connectivity index (χ4n) is 1.51. The first kappa shape index (κ1) is 15.6. The molecular weight excluding hydrogens is 264 g/mol. The van der Waals surface area contributed by atoms with Gasteiger partial charge in [-0.15, -0.1) is 11.4 Å². The third-order valence-electron chi connectivity index (χ3n) is 2.54. The van der Waals surface area contributed by atoms with Crippen molar-refractivity contribution in [1.82, 2.24) is 0 Å². The lowest BCUT2D eigenvalue weighted by Gasteiger charge is -2.12. The highest BCUT2D eigenvalue weighted by molar-refractivity contribution is 7.99. The van der Waals surface area contributed by atoms with E-state index >= 15 is 0 Å². The average molecular weight is 282 g/mol. The van der Waals surface area contributed by atoms with Crippen molar-refractivity contribution in [2.45, 2.75) is 25.5 Å². The van der Waals surface area contributed by atoms with Gasteiger partial charge >= 0.3 is 0 Å². The molecule has 1 aromatic rings. The van der Waals surface area contributed by atoms with Crippen LogP contribution in [0.4, 0.5) is 5.69 Å². The minimum atomic E-state index is -0.391. The highest BCUT2D eigenvalue weighted by Gasteiger charge is 2.14. The van der Waals surface area contributed by atoms with Crippen LogP contribution in [0.3, 0.4) is 0 Å². The van der Waals surface area contributed by atoms with Gasteiger partial charge in [-0.25, -0.2) is 0 Å². The molecule has 0 spiro atoms. The summed E-state index contributed by atoms with van der Waals surface area (Å²) in [6, 6.07) is 6.65. The summed E-state index contributed by atoms with van der Waals surface area (Å²) in [5.74, 6) is -0.234. The summed E-state index contributed by atoms with van der Waals surface area (Å²) >= 11 is 0.404. The Hall–Kier alpha value is -1.50. The molecule has 0 aliphatic rings. The summed E-state index contributed by atoms with van der Waals surface area (Å²) < 4.78 is 0. The average Bonchev–Trinajstić information content (AvgIpc) is 2.36. The zero-order valence-corrected chi connectivity index (χ0v) is 11.8. The van der Waals surface area contributed by atoms with Crippen LogP contribution in [-0.2, 0) is 4.79 Å². The Morgan fingerprint density at radius 2 is 1.95 bits per heavy atom. The molecule has 0 heterocycles. The Morgan fingerprint density at radius 1 is 1.37 bits per heavy atom. The molecule has 104 valence electrons. The second-order valence-electron chi connectivity index (χ2n) is 4.03. The predicted molar refractivity (Wildman–Crippen MR) is 80.0 cm³/mol. The number of carbonyl (C=O) groups is 2. The quantitative estimate of drug-likeness (QED) is 0.375. The molecular formula is C13H18N2O3S. The number of aliphatic hydroxyl groups excluding tert-OH is 1. The molecule has 0 aromatic heterocycles. The maximum Gasteiger partial charge on any atom is 0.236 e. The van der Waals surface area contributed by atoms with Gasteiger partial charge in [0.15, 0.2) is 5.78 Å². The van der Waals surface area contributed by atoms with Crippen LogP contribution in [-0.4, -0.2) is 27.2 Å². The van der Waals surface area contributed by atoms with Crippen LogP contribution in [0.1, 0.15) is 30.6 Å². The monoisotopic (exact) mass is 282 g/mol. The Bertz CT molecular complexity index is 493. The Morgan fingerprint density at radius 3 is 2.37 bits per heavy atom. The van der Waals surface area contributed by atoms with Crippen molar-refractivity contribution in [3.8, 4) is 0 Å². The van der Waals surface area contributed by atoms with Gasteiger partial charge in [0, 0.05) is 11.3 Å². The van der Waals surface area contributed by atoms with Gasteiger partial charge < -0.3 is 10.4 Å². The van der Waals surface area contributed by atoms with Gasteiger partial charge in [-0.1, -0.05) is 6.92 Å². The van der Waals surface area contributed by atoms with Crippen molar-refractivity contribution in [2.75, 3.05) is 5.32 Å². The second-order valence-corrected chi connectivity index (χ2v) is 5.37. The summed E-state index contributed by atoms with van der Waals surface area (Å²) in [5.41, 5.74) is 6.40. The maximum atomic E-state index is 11.9. The fraction of sp³-hybridized carbons (Fsp3) is 0.308. The zero-order valence-electron chi connectivity index (χ0n) is 10.9. The Kier molecular flexibility index (Phi) is 5.88. The lowest BCUT2D eigenvalue weighted by molar-refractivity contribution is -0.115. The van der Waals surface area contributed by atoms with E-state index in [4.69, 9.17) is 10.8 Å².